The maximum Gasteiger partial charge on any atom is -0.147 e. The summed E-state index contributed by atoms with van der Waals surface area (Å²) in [6.45, 7) is 7.75. The van der Waals surface area contributed by atoms with Gasteiger partial charge in [0.2, 0.25) is 0 Å². The standard InChI is InChI=1S/2C7H7.2ClH.Hf/c2*1-2-7-5-3-4-6-7;;;/h2*2-3,5H,1,4H2;2*1H;. The van der Waals surface area contributed by atoms with E-state index in [9.17, 15) is 0 Å². The molecule has 0 aliphatic heterocycles. The van der Waals surface area contributed by atoms with Crippen LogP contribution in [0.3, 0.4) is 0 Å². The second-order valence-electron chi connectivity index (χ2n) is 3.61. The van der Waals surface area contributed by atoms with Crippen molar-refractivity contribution in [3.63, 3.8) is 0 Å². The first-order chi connectivity index (χ1) is 7.35. The molecule has 0 bridgehead atoms. The van der Waals surface area contributed by atoms with Gasteiger partial charge in [0.15, 0.2) is 0 Å². The molecule has 0 saturated heterocycles. The van der Waals surface area contributed by atoms with E-state index in [4.69, 9.17) is 0 Å². The van der Waals surface area contributed by atoms with Crippen molar-refractivity contribution >= 4 is 24.8 Å². The second kappa shape index (κ2) is 8.07. The quantitative estimate of drug-likeness (QED) is 0.563. The summed E-state index contributed by atoms with van der Waals surface area (Å²) in [5.41, 5.74) is 2.78. The van der Waals surface area contributed by atoms with Crippen molar-refractivity contribution in [2.24, 2.45) is 0 Å². The van der Waals surface area contributed by atoms with E-state index in [2.05, 4.69) is 37.5 Å². The summed E-state index contributed by atoms with van der Waals surface area (Å²) >= 11 is -0.794. The predicted molar refractivity (Wildman–Crippen MR) is 76.5 cm³/mol. The van der Waals surface area contributed by atoms with Crippen LogP contribution in [0.1, 0.15) is 12.8 Å². The van der Waals surface area contributed by atoms with Crippen LogP contribution in [-0.4, -0.2) is 0 Å². The van der Waals surface area contributed by atoms with Gasteiger partial charge in [0.1, 0.15) is 0 Å². The van der Waals surface area contributed by atoms with E-state index in [-0.39, 0.29) is 24.8 Å². The Morgan fingerprint density at radius 3 is 1.65 bits per heavy atom. The first kappa shape index (κ1) is 16.9. The fourth-order valence-electron chi connectivity index (χ4n) is 1.86. The molecular weight excluding hydrogens is 418 g/mol. The van der Waals surface area contributed by atoms with Crippen LogP contribution >= 0.6 is 24.8 Å². The van der Waals surface area contributed by atoms with Crippen molar-refractivity contribution in [2.45, 2.75) is 12.8 Å². The molecule has 2 rings (SSSR count). The average Bonchev–Trinajstić information content (AvgIpc) is 2.87. The summed E-state index contributed by atoms with van der Waals surface area (Å²) in [6.07, 6.45) is 15.3. The fourth-order valence-corrected chi connectivity index (χ4v) is 7.11. The fraction of sp³-hybridized carbons (Fsp3) is 0.143. The topological polar surface area (TPSA) is 0 Å². The molecule has 0 fully saturated rings. The van der Waals surface area contributed by atoms with Gasteiger partial charge in [0.25, 0.3) is 0 Å². The summed E-state index contributed by atoms with van der Waals surface area (Å²) in [7, 11) is 0. The van der Waals surface area contributed by atoms with Crippen LogP contribution in [0.4, 0.5) is 0 Å². The van der Waals surface area contributed by atoms with Gasteiger partial charge in [-0.05, 0) is 0 Å². The summed E-state index contributed by atoms with van der Waals surface area (Å²) in [6, 6.07) is 0. The van der Waals surface area contributed by atoms with Gasteiger partial charge in [0.05, 0.1) is 0 Å². The third-order valence-electron chi connectivity index (χ3n) is 2.68. The molecule has 90 valence electrons. The normalized spacial score (nSPS) is 16.7. The van der Waals surface area contributed by atoms with Crippen molar-refractivity contribution in [1.29, 1.82) is 0 Å². The first-order valence-corrected chi connectivity index (χ1v) is 8.75. The third-order valence-corrected chi connectivity index (χ3v) is 8.39. The molecule has 0 atom stereocenters. The van der Waals surface area contributed by atoms with Crippen LogP contribution in [0.5, 0.6) is 0 Å². The molecular formula is C14H16Cl2Hf. The van der Waals surface area contributed by atoms with Gasteiger partial charge in [-0.1, -0.05) is 0 Å². The van der Waals surface area contributed by atoms with Crippen molar-refractivity contribution in [2.75, 3.05) is 0 Å². The Hall–Kier alpha value is -0.110. The minimum atomic E-state index is -0.794. The van der Waals surface area contributed by atoms with Crippen LogP contribution < -0.4 is 0 Å². The largest absolute Gasteiger partial charge is 0.147 e. The van der Waals surface area contributed by atoms with Crippen LogP contribution in [0.15, 0.2) is 67.4 Å². The molecule has 0 spiro atoms. The van der Waals surface area contributed by atoms with Gasteiger partial charge in [0, 0.05) is 0 Å². The Labute approximate surface area is 127 Å². The Morgan fingerprint density at radius 2 is 1.29 bits per heavy atom. The van der Waals surface area contributed by atoms with E-state index in [1.807, 2.05) is 12.2 Å². The van der Waals surface area contributed by atoms with Crippen LogP contribution in [0.2, 0.25) is 0 Å². The van der Waals surface area contributed by atoms with Gasteiger partial charge in [-0.2, -0.15) is 0 Å². The molecule has 0 aromatic rings. The Kier molecular flexibility index (Phi) is 8.02. The molecule has 0 amide bonds. The van der Waals surface area contributed by atoms with E-state index in [0.29, 0.717) is 0 Å². The summed E-state index contributed by atoms with van der Waals surface area (Å²) in [5, 5.41) is 0. The van der Waals surface area contributed by atoms with Gasteiger partial charge < -0.3 is 0 Å². The maximum atomic E-state index is 3.88. The Balaban J connectivity index is 0.00000128. The molecule has 0 unspecified atom stereocenters. The molecule has 0 aromatic heterocycles. The van der Waals surface area contributed by atoms with Crippen LogP contribution in [0.25, 0.3) is 0 Å². The Bertz CT molecular complexity index is 386. The zero-order valence-electron chi connectivity index (χ0n) is 9.61. The monoisotopic (exact) mass is 434 g/mol. The van der Waals surface area contributed by atoms with Gasteiger partial charge >= 0.3 is 103 Å². The molecule has 0 radical (unpaired) electrons. The van der Waals surface area contributed by atoms with Crippen molar-refractivity contribution in [3.8, 4) is 0 Å². The van der Waals surface area contributed by atoms with Crippen LogP contribution in [-0.2, 0) is 22.9 Å². The van der Waals surface area contributed by atoms with Gasteiger partial charge in [-0.25, -0.2) is 0 Å². The predicted octanol–water partition coefficient (Wildman–Crippen LogP) is 4.71. The number of allylic oxidation sites excluding steroid dienone is 10. The van der Waals surface area contributed by atoms with Crippen LogP contribution in [0, 0.1) is 0 Å². The van der Waals surface area contributed by atoms with E-state index in [1.54, 1.807) is 6.66 Å². The van der Waals surface area contributed by atoms with E-state index in [0.717, 1.165) is 0 Å². The molecule has 3 heteroatoms. The second-order valence-corrected chi connectivity index (χ2v) is 8.85. The molecule has 0 aromatic carbocycles. The smallest absolute Gasteiger partial charge is 0.147 e. The zero-order chi connectivity index (χ0) is 10.7. The minimum absolute atomic E-state index is 0. The van der Waals surface area contributed by atoms with E-state index < -0.39 is 22.9 Å². The molecule has 0 nitrogen and oxygen atoms in total. The zero-order valence-corrected chi connectivity index (χ0v) is 14.8. The van der Waals surface area contributed by atoms with E-state index in [1.165, 1.54) is 24.0 Å². The number of halogens is 2. The Morgan fingerprint density at radius 1 is 0.882 bits per heavy atom. The molecule has 2 aliphatic carbocycles. The average molecular weight is 434 g/mol. The number of hydrogen-bond acceptors (Lipinski definition) is 0. The van der Waals surface area contributed by atoms with Gasteiger partial charge in [-0.3, -0.25) is 0 Å². The summed E-state index contributed by atoms with van der Waals surface area (Å²) in [5.74, 6) is 0. The van der Waals surface area contributed by atoms with E-state index >= 15 is 0 Å². The number of hydrogen-bond donors (Lipinski definition) is 0. The molecule has 17 heavy (non-hydrogen) atoms. The molecule has 0 saturated carbocycles. The first-order valence-electron chi connectivity index (χ1n) is 5.16. The minimum Gasteiger partial charge on any atom is -0.147 e. The maximum absolute atomic E-state index is 3.88. The van der Waals surface area contributed by atoms with Crippen molar-refractivity contribution in [3.05, 3.63) is 67.4 Å². The SMILES string of the molecule is C=CC1=[C]([Hf][C]2=C(C=C)C=CC2)CC=C1.Cl.Cl. The van der Waals surface area contributed by atoms with Gasteiger partial charge in [-0.15, -0.1) is 24.8 Å². The number of rotatable bonds is 4. The molecule has 0 heterocycles. The third kappa shape index (κ3) is 3.94. The molecule has 0 N–H and O–H groups in total. The summed E-state index contributed by atoms with van der Waals surface area (Å²) in [4.78, 5) is 0. The molecule has 2 aliphatic rings. The van der Waals surface area contributed by atoms with Crippen molar-refractivity contribution < 1.29 is 22.9 Å². The summed E-state index contributed by atoms with van der Waals surface area (Å²) < 4.78 is 3.37. The van der Waals surface area contributed by atoms with Crippen molar-refractivity contribution in [1.82, 2.24) is 0 Å².